The maximum atomic E-state index is 13.4. The smallest absolute Gasteiger partial charge is 0.297 e. The Morgan fingerprint density at radius 2 is 2.21 bits per heavy atom. The number of nitrogen functional groups attached to an aromatic ring is 1. The lowest BCUT2D eigenvalue weighted by atomic mass is 10.3. The molecule has 0 unspecified atom stereocenters. The van der Waals surface area contributed by atoms with Crippen LogP contribution in [0.25, 0.3) is 0 Å². The van der Waals surface area contributed by atoms with E-state index in [2.05, 4.69) is 25.9 Å². The molecule has 0 aliphatic heterocycles. The van der Waals surface area contributed by atoms with Crippen molar-refractivity contribution in [3.63, 3.8) is 0 Å². The van der Waals surface area contributed by atoms with Gasteiger partial charge >= 0.3 is 0 Å². The molecule has 0 fully saturated rings. The maximum absolute atomic E-state index is 13.4. The van der Waals surface area contributed by atoms with E-state index in [-0.39, 0.29) is 27.5 Å². The minimum Gasteiger partial charge on any atom is -0.487 e. The summed E-state index contributed by atoms with van der Waals surface area (Å²) >= 11 is 3.00. The van der Waals surface area contributed by atoms with E-state index in [1.807, 2.05) is 0 Å². The molecule has 100 valence electrons. The largest absolute Gasteiger partial charge is 0.487 e. The van der Waals surface area contributed by atoms with E-state index >= 15 is 0 Å². The van der Waals surface area contributed by atoms with E-state index in [0.29, 0.717) is 0 Å². The van der Waals surface area contributed by atoms with Crippen molar-refractivity contribution in [2.75, 3.05) is 12.8 Å². The number of nitrogens with two attached hydrogens (primary N) is 1. The van der Waals surface area contributed by atoms with Crippen molar-refractivity contribution in [1.29, 1.82) is 0 Å². The molecule has 3 N–H and O–H groups in total. The van der Waals surface area contributed by atoms with Crippen LogP contribution in [0.5, 0.6) is 17.4 Å². The SMILES string of the molecule is COc1c(Oc2cc(F)c(Br)cc2N)nc[nH]c1=O. The second kappa shape index (κ2) is 5.27. The standard InChI is InChI=1S/C11H9BrFN3O3/c1-18-9-10(17)15-4-16-11(9)19-8-3-6(13)5(12)2-7(8)14/h2-4H,14H2,1H3,(H,15,16,17). The van der Waals surface area contributed by atoms with Crippen molar-refractivity contribution in [1.82, 2.24) is 9.97 Å². The Morgan fingerprint density at radius 1 is 1.47 bits per heavy atom. The van der Waals surface area contributed by atoms with Gasteiger partial charge in [-0.1, -0.05) is 0 Å². The number of hydrogen-bond donors (Lipinski definition) is 2. The van der Waals surface area contributed by atoms with Gasteiger partial charge in [0, 0.05) is 6.07 Å². The van der Waals surface area contributed by atoms with Crippen LogP contribution in [0, 0.1) is 5.82 Å². The molecule has 0 aliphatic rings. The molecule has 0 radical (unpaired) electrons. The van der Waals surface area contributed by atoms with Crippen LogP contribution in [-0.2, 0) is 0 Å². The lowest BCUT2D eigenvalue weighted by molar-refractivity contribution is 0.363. The number of methoxy groups -OCH3 is 1. The third kappa shape index (κ3) is 2.68. The van der Waals surface area contributed by atoms with Crippen molar-refractivity contribution in [3.8, 4) is 17.4 Å². The van der Waals surface area contributed by atoms with E-state index in [1.54, 1.807) is 0 Å². The molecule has 0 saturated carbocycles. The molecule has 2 rings (SSSR count). The van der Waals surface area contributed by atoms with Gasteiger partial charge in [-0.3, -0.25) is 4.79 Å². The van der Waals surface area contributed by atoms with Gasteiger partial charge in [-0.2, -0.15) is 0 Å². The Kier molecular flexibility index (Phi) is 3.70. The van der Waals surface area contributed by atoms with Gasteiger partial charge in [-0.15, -0.1) is 0 Å². The van der Waals surface area contributed by atoms with Crippen molar-refractivity contribution in [2.24, 2.45) is 0 Å². The normalized spacial score (nSPS) is 10.3. The van der Waals surface area contributed by atoms with Crippen LogP contribution < -0.4 is 20.8 Å². The molecule has 0 bridgehead atoms. The molecule has 0 aliphatic carbocycles. The van der Waals surface area contributed by atoms with Gasteiger partial charge in [0.25, 0.3) is 11.4 Å². The highest BCUT2D eigenvalue weighted by molar-refractivity contribution is 9.10. The quantitative estimate of drug-likeness (QED) is 0.841. The molecule has 19 heavy (non-hydrogen) atoms. The first-order valence-corrected chi connectivity index (χ1v) is 5.86. The fraction of sp³-hybridized carbons (Fsp3) is 0.0909. The van der Waals surface area contributed by atoms with Crippen LogP contribution in [-0.4, -0.2) is 17.1 Å². The van der Waals surface area contributed by atoms with Crippen LogP contribution in [0.1, 0.15) is 0 Å². The number of rotatable bonds is 3. The molecule has 1 heterocycles. The van der Waals surface area contributed by atoms with Gasteiger partial charge < -0.3 is 20.2 Å². The molecule has 6 nitrogen and oxygen atoms in total. The summed E-state index contributed by atoms with van der Waals surface area (Å²) in [5.74, 6) is -0.727. The summed E-state index contributed by atoms with van der Waals surface area (Å²) in [7, 11) is 1.30. The van der Waals surface area contributed by atoms with E-state index in [9.17, 15) is 9.18 Å². The predicted octanol–water partition coefficient (Wildman–Crippen LogP) is 2.05. The molecule has 0 saturated heterocycles. The number of halogens is 2. The zero-order valence-electron chi connectivity index (χ0n) is 9.74. The summed E-state index contributed by atoms with van der Waals surface area (Å²) in [4.78, 5) is 17.6. The van der Waals surface area contributed by atoms with Gasteiger partial charge in [0.2, 0.25) is 5.75 Å². The highest BCUT2D eigenvalue weighted by Gasteiger charge is 2.14. The van der Waals surface area contributed by atoms with E-state index < -0.39 is 11.4 Å². The monoisotopic (exact) mass is 329 g/mol. The van der Waals surface area contributed by atoms with Crippen LogP contribution in [0.4, 0.5) is 10.1 Å². The molecule has 8 heteroatoms. The van der Waals surface area contributed by atoms with E-state index in [4.69, 9.17) is 15.2 Å². The molecule has 1 aromatic carbocycles. The molecule has 1 aromatic heterocycles. The van der Waals surface area contributed by atoms with Crippen molar-refractivity contribution in [2.45, 2.75) is 0 Å². The number of anilines is 1. The fourth-order valence-electron chi connectivity index (χ4n) is 1.36. The second-order valence-electron chi connectivity index (χ2n) is 3.48. The van der Waals surface area contributed by atoms with Gasteiger partial charge in [0.1, 0.15) is 5.82 Å². The minimum atomic E-state index is -0.548. The lowest BCUT2D eigenvalue weighted by Crippen LogP contribution is -2.11. The Morgan fingerprint density at radius 3 is 2.89 bits per heavy atom. The van der Waals surface area contributed by atoms with E-state index in [1.165, 1.54) is 13.2 Å². The van der Waals surface area contributed by atoms with Crippen molar-refractivity contribution < 1.29 is 13.9 Å². The molecule has 0 spiro atoms. The number of nitrogens with one attached hydrogen (secondary N) is 1. The number of H-pyrrole nitrogens is 1. The third-order valence-corrected chi connectivity index (χ3v) is 2.85. The summed E-state index contributed by atoms with van der Waals surface area (Å²) < 4.78 is 23.8. The van der Waals surface area contributed by atoms with Crippen LogP contribution >= 0.6 is 15.9 Å². The number of benzene rings is 1. The first-order chi connectivity index (χ1) is 9.02. The average Bonchev–Trinajstić information content (AvgIpc) is 2.36. The van der Waals surface area contributed by atoms with Gasteiger partial charge in [0.15, 0.2) is 5.75 Å². The Balaban J connectivity index is 2.45. The first-order valence-electron chi connectivity index (χ1n) is 5.07. The van der Waals surface area contributed by atoms with Gasteiger partial charge in [-0.25, -0.2) is 9.37 Å². The maximum Gasteiger partial charge on any atom is 0.297 e. The number of ether oxygens (including phenoxy) is 2. The predicted molar refractivity (Wildman–Crippen MR) is 70.0 cm³/mol. The zero-order valence-corrected chi connectivity index (χ0v) is 11.3. The Hall–Kier alpha value is -2.09. The highest BCUT2D eigenvalue weighted by Crippen LogP contribution is 2.33. The molecular weight excluding hydrogens is 321 g/mol. The summed E-state index contributed by atoms with van der Waals surface area (Å²) in [5.41, 5.74) is 5.37. The molecule has 0 atom stereocenters. The molecule has 2 aromatic rings. The van der Waals surface area contributed by atoms with Crippen molar-refractivity contribution >= 4 is 21.6 Å². The Labute approximate surface area is 115 Å². The average molecular weight is 330 g/mol. The second-order valence-corrected chi connectivity index (χ2v) is 4.33. The minimum absolute atomic E-state index is 0.0390. The van der Waals surface area contributed by atoms with E-state index in [0.717, 1.165) is 12.4 Å². The number of aromatic nitrogens is 2. The number of nitrogens with zero attached hydrogens (tertiary/aromatic N) is 1. The number of hydrogen-bond acceptors (Lipinski definition) is 5. The molecular formula is C11H9BrFN3O3. The topological polar surface area (TPSA) is 90.2 Å². The fourth-order valence-corrected chi connectivity index (χ4v) is 1.72. The highest BCUT2D eigenvalue weighted by atomic mass is 79.9. The summed E-state index contributed by atoms with van der Waals surface area (Å²) in [6, 6.07) is 2.44. The van der Waals surface area contributed by atoms with Crippen LogP contribution in [0.15, 0.2) is 27.7 Å². The summed E-state index contributed by atoms with van der Waals surface area (Å²) in [5, 5.41) is 0. The van der Waals surface area contributed by atoms with Crippen LogP contribution in [0.2, 0.25) is 0 Å². The summed E-state index contributed by atoms with van der Waals surface area (Å²) in [6.07, 6.45) is 1.14. The van der Waals surface area contributed by atoms with Gasteiger partial charge in [-0.05, 0) is 22.0 Å². The summed E-state index contributed by atoms with van der Waals surface area (Å²) in [6.45, 7) is 0. The van der Waals surface area contributed by atoms with Crippen molar-refractivity contribution in [3.05, 3.63) is 39.1 Å². The Bertz CT molecular complexity index is 675. The number of aromatic amines is 1. The third-order valence-electron chi connectivity index (χ3n) is 2.24. The van der Waals surface area contributed by atoms with Gasteiger partial charge in [0.05, 0.1) is 23.6 Å². The molecule has 0 amide bonds. The van der Waals surface area contributed by atoms with Crippen LogP contribution in [0.3, 0.4) is 0 Å². The first kappa shape index (κ1) is 13.3. The lowest BCUT2D eigenvalue weighted by Gasteiger charge is -2.10. The zero-order chi connectivity index (χ0) is 14.0.